The molecule has 0 radical (unpaired) electrons. The van der Waals surface area contributed by atoms with E-state index in [2.05, 4.69) is 16.8 Å². The van der Waals surface area contributed by atoms with Crippen molar-refractivity contribution in [1.29, 1.82) is 0 Å². The minimum atomic E-state index is -0.455. The number of ether oxygens (including phenoxy) is 1. The lowest BCUT2D eigenvalue weighted by Gasteiger charge is -2.24. The van der Waals surface area contributed by atoms with Gasteiger partial charge in [-0.1, -0.05) is 0 Å². The maximum Gasteiger partial charge on any atom is 0.410 e. The Bertz CT molecular complexity index is 743. The molecule has 1 saturated heterocycles. The van der Waals surface area contributed by atoms with E-state index in [0.717, 1.165) is 18.7 Å². The number of nitrogens with two attached hydrogens (primary N) is 1. The number of rotatable bonds is 1. The summed E-state index contributed by atoms with van der Waals surface area (Å²) in [5.74, 6) is 0.327. The van der Waals surface area contributed by atoms with Gasteiger partial charge >= 0.3 is 6.09 Å². The maximum absolute atomic E-state index is 12.2. The number of carbonyl (C=O) groups is 1. The van der Waals surface area contributed by atoms with Gasteiger partial charge in [-0.2, -0.15) is 0 Å². The van der Waals surface area contributed by atoms with Crippen LogP contribution in [0, 0.1) is 0 Å². The van der Waals surface area contributed by atoms with Gasteiger partial charge in [0.2, 0.25) is 0 Å². The number of carbonyl (C=O) groups excluding carboxylic acids is 1. The van der Waals surface area contributed by atoms with E-state index in [1.807, 2.05) is 40.0 Å². The number of anilines is 1. The second-order valence-electron chi connectivity index (χ2n) is 7.38. The lowest BCUT2D eigenvalue weighted by atomic mass is 9.98. The summed E-state index contributed by atoms with van der Waals surface area (Å²) in [6, 6.07) is 6.00. The van der Waals surface area contributed by atoms with Gasteiger partial charge in [0.15, 0.2) is 0 Å². The van der Waals surface area contributed by atoms with Crippen LogP contribution >= 0.6 is 0 Å². The molecule has 0 aliphatic carbocycles. The van der Waals surface area contributed by atoms with Crippen molar-refractivity contribution in [3.63, 3.8) is 0 Å². The molecule has 1 unspecified atom stereocenters. The number of nitrogen functional groups attached to an aromatic ring is 1. The molecular formula is C18H25N3O2. The van der Waals surface area contributed by atoms with Gasteiger partial charge in [-0.05, 0) is 51.0 Å². The minimum absolute atomic E-state index is 0.222. The first-order valence-electron chi connectivity index (χ1n) is 8.07. The number of aryl methyl sites for hydroxylation is 1. The zero-order chi connectivity index (χ0) is 16.8. The molecule has 124 valence electrons. The zero-order valence-electron chi connectivity index (χ0n) is 14.3. The standard InChI is InChI=1S/C18H25N3O2/c1-18(2,3)23-17(22)21-8-7-12(10-21)15-11-20(4)16-6-5-13(19)9-14(15)16/h5-6,9,11-12H,7-8,10,19H2,1-4H3. The Kier molecular flexibility index (Phi) is 3.74. The molecule has 0 spiro atoms. The van der Waals surface area contributed by atoms with Crippen LogP contribution in [-0.4, -0.2) is 34.3 Å². The second kappa shape index (κ2) is 5.48. The van der Waals surface area contributed by atoms with E-state index in [9.17, 15) is 4.79 Å². The molecule has 1 amide bonds. The number of amides is 1. The Hall–Kier alpha value is -2.17. The van der Waals surface area contributed by atoms with Crippen LogP contribution in [0.15, 0.2) is 24.4 Å². The van der Waals surface area contributed by atoms with E-state index in [0.29, 0.717) is 12.5 Å². The van der Waals surface area contributed by atoms with Gasteiger partial charge in [0.25, 0.3) is 0 Å². The SMILES string of the molecule is Cn1cc(C2CCN(C(=O)OC(C)(C)C)C2)c2cc(N)ccc21. The summed E-state index contributed by atoms with van der Waals surface area (Å²) in [6.07, 6.45) is 2.89. The number of nitrogens with zero attached hydrogens (tertiary/aromatic N) is 2. The number of benzene rings is 1. The highest BCUT2D eigenvalue weighted by atomic mass is 16.6. The molecule has 1 atom stereocenters. The Morgan fingerprint density at radius 2 is 2.09 bits per heavy atom. The normalized spacial score (nSPS) is 18.6. The fourth-order valence-corrected chi connectivity index (χ4v) is 3.27. The Labute approximate surface area is 137 Å². The molecule has 1 aliphatic heterocycles. The summed E-state index contributed by atoms with van der Waals surface area (Å²) in [4.78, 5) is 14.0. The van der Waals surface area contributed by atoms with E-state index < -0.39 is 5.60 Å². The van der Waals surface area contributed by atoms with Gasteiger partial charge in [0, 0.05) is 48.8 Å². The summed E-state index contributed by atoms with van der Waals surface area (Å²) in [5.41, 5.74) is 8.70. The summed E-state index contributed by atoms with van der Waals surface area (Å²) in [6.45, 7) is 7.12. The lowest BCUT2D eigenvalue weighted by molar-refractivity contribution is 0.0292. The molecule has 5 heteroatoms. The lowest BCUT2D eigenvalue weighted by Crippen LogP contribution is -2.35. The summed E-state index contributed by atoms with van der Waals surface area (Å²) < 4.78 is 7.60. The van der Waals surface area contributed by atoms with Crippen molar-refractivity contribution in [3.8, 4) is 0 Å². The van der Waals surface area contributed by atoms with E-state index in [1.54, 1.807) is 4.90 Å². The fourth-order valence-electron chi connectivity index (χ4n) is 3.27. The first-order valence-corrected chi connectivity index (χ1v) is 8.07. The fraction of sp³-hybridized carbons (Fsp3) is 0.500. The van der Waals surface area contributed by atoms with Gasteiger partial charge in [-0.15, -0.1) is 0 Å². The van der Waals surface area contributed by atoms with Crippen LogP contribution in [0.3, 0.4) is 0 Å². The van der Waals surface area contributed by atoms with Gasteiger partial charge < -0.3 is 19.9 Å². The molecule has 23 heavy (non-hydrogen) atoms. The minimum Gasteiger partial charge on any atom is -0.444 e. The topological polar surface area (TPSA) is 60.5 Å². The summed E-state index contributed by atoms with van der Waals surface area (Å²) in [7, 11) is 2.04. The molecule has 1 aromatic carbocycles. The molecule has 5 nitrogen and oxygen atoms in total. The highest BCUT2D eigenvalue weighted by Gasteiger charge is 2.31. The van der Waals surface area contributed by atoms with E-state index >= 15 is 0 Å². The number of aromatic nitrogens is 1. The Morgan fingerprint density at radius 1 is 1.35 bits per heavy atom. The van der Waals surface area contributed by atoms with Gasteiger partial charge in [0.05, 0.1) is 0 Å². The van der Waals surface area contributed by atoms with Crippen molar-refractivity contribution in [2.24, 2.45) is 7.05 Å². The highest BCUT2D eigenvalue weighted by Crippen LogP contribution is 2.34. The molecule has 2 heterocycles. The third kappa shape index (κ3) is 3.14. The van der Waals surface area contributed by atoms with Gasteiger partial charge in [0.1, 0.15) is 5.60 Å². The van der Waals surface area contributed by atoms with Crippen LogP contribution in [0.2, 0.25) is 0 Å². The molecule has 1 fully saturated rings. The number of hydrogen-bond acceptors (Lipinski definition) is 3. The largest absolute Gasteiger partial charge is 0.444 e. The molecule has 2 aromatic rings. The molecule has 1 aromatic heterocycles. The van der Waals surface area contributed by atoms with Crippen LogP contribution in [-0.2, 0) is 11.8 Å². The number of likely N-dealkylation sites (tertiary alicyclic amines) is 1. The van der Waals surface area contributed by atoms with Crippen molar-refractivity contribution in [2.75, 3.05) is 18.8 Å². The second-order valence-corrected chi connectivity index (χ2v) is 7.38. The predicted octanol–water partition coefficient (Wildman–Crippen LogP) is 3.48. The third-order valence-corrected chi connectivity index (χ3v) is 4.32. The average Bonchev–Trinajstić information content (AvgIpc) is 3.02. The van der Waals surface area contributed by atoms with Gasteiger partial charge in [-0.25, -0.2) is 4.79 Å². The molecule has 0 saturated carbocycles. The average molecular weight is 315 g/mol. The molecule has 1 aliphatic rings. The molecule has 0 bridgehead atoms. The molecule has 3 rings (SSSR count). The van der Waals surface area contributed by atoms with E-state index in [4.69, 9.17) is 10.5 Å². The van der Waals surface area contributed by atoms with Crippen molar-refractivity contribution in [2.45, 2.75) is 38.7 Å². The van der Waals surface area contributed by atoms with Crippen molar-refractivity contribution in [1.82, 2.24) is 9.47 Å². The van der Waals surface area contributed by atoms with Crippen LogP contribution in [0.5, 0.6) is 0 Å². The predicted molar refractivity (Wildman–Crippen MR) is 92.5 cm³/mol. The summed E-state index contributed by atoms with van der Waals surface area (Å²) >= 11 is 0. The molecule has 2 N–H and O–H groups in total. The van der Waals surface area contributed by atoms with Crippen LogP contribution in [0.4, 0.5) is 10.5 Å². The van der Waals surface area contributed by atoms with Crippen molar-refractivity contribution >= 4 is 22.7 Å². The Morgan fingerprint density at radius 3 is 2.78 bits per heavy atom. The van der Waals surface area contributed by atoms with Gasteiger partial charge in [-0.3, -0.25) is 0 Å². The third-order valence-electron chi connectivity index (χ3n) is 4.32. The first kappa shape index (κ1) is 15.7. The Balaban J connectivity index is 1.82. The zero-order valence-corrected chi connectivity index (χ0v) is 14.3. The maximum atomic E-state index is 12.2. The van der Waals surface area contributed by atoms with E-state index in [-0.39, 0.29) is 6.09 Å². The van der Waals surface area contributed by atoms with Crippen LogP contribution in [0.25, 0.3) is 10.9 Å². The van der Waals surface area contributed by atoms with Crippen molar-refractivity contribution in [3.05, 3.63) is 30.0 Å². The monoisotopic (exact) mass is 315 g/mol. The highest BCUT2D eigenvalue weighted by molar-refractivity contribution is 5.87. The quantitative estimate of drug-likeness (QED) is 0.820. The summed E-state index contributed by atoms with van der Waals surface area (Å²) in [5, 5.41) is 1.18. The number of fused-ring (bicyclic) bond motifs is 1. The smallest absolute Gasteiger partial charge is 0.410 e. The van der Waals surface area contributed by atoms with E-state index in [1.165, 1.54) is 16.5 Å². The molecular weight excluding hydrogens is 290 g/mol. The first-order chi connectivity index (χ1) is 10.7. The van der Waals surface area contributed by atoms with Crippen molar-refractivity contribution < 1.29 is 9.53 Å². The van der Waals surface area contributed by atoms with Crippen LogP contribution in [0.1, 0.15) is 38.7 Å². The number of hydrogen-bond donors (Lipinski definition) is 1. The van der Waals surface area contributed by atoms with Crippen LogP contribution < -0.4 is 5.73 Å².